The first-order valence-corrected chi connectivity index (χ1v) is 33.3. The van der Waals surface area contributed by atoms with Crippen molar-refractivity contribution in [1.29, 1.82) is 5.53 Å². The summed E-state index contributed by atoms with van der Waals surface area (Å²) in [5.74, 6) is -6.46. The molecule has 0 spiro atoms. The van der Waals surface area contributed by atoms with Gasteiger partial charge in [-0.05, 0) is 42.8 Å². The van der Waals surface area contributed by atoms with E-state index in [9.17, 15) is 80.2 Å². The number of alkyl halides is 6. The number of halogens is 7. The fourth-order valence-electron chi connectivity index (χ4n) is 10.5. The van der Waals surface area contributed by atoms with Crippen LogP contribution in [0.2, 0.25) is 0 Å². The molecule has 5 heterocycles. The van der Waals surface area contributed by atoms with E-state index in [1.807, 2.05) is 0 Å². The topological polar surface area (TPSA) is 446 Å². The number of amides is 5. The molecule has 0 radical (unpaired) electrons. The number of anilines is 1. The molecule has 1 aromatic heterocycles. The Morgan fingerprint density at radius 3 is 1.53 bits per heavy atom. The number of aromatic hydroxyl groups is 1. The highest BCUT2D eigenvalue weighted by atomic mass is 19.4. The highest BCUT2D eigenvalue weighted by molar-refractivity contribution is 5.84. The Balaban J connectivity index is 0.720. The van der Waals surface area contributed by atoms with Crippen LogP contribution in [0.3, 0.4) is 0 Å². The van der Waals surface area contributed by atoms with Crippen molar-refractivity contribution in [1.82, 2.24) is 31.6 Å². The van der Waals surface area contributed by atoms with Crippen LogP contribution in [0.1, 0.15) is 31.4 Å². The monoisotopic (exact) mass is 1520 g/mol. The molecule has 3 aromatic rings. The number of aliphatic hydroxyl groups is 4. The molecule has 4 fully saturated rings. The first-order valence-electron chi connectivity index (χ1n) is 33.3. The molecule has 2 aromatic carbocycles. The number of hydrogen-bond acceptors (Lipinski definition) is 29. The highest BCUT2D eigenvalue weighted by Gasteiger charge is 2.62. The smallest absolute Gasteiger partial charge is 0.471 e. The summed E-state index contributed by atoms with van der Waals surface area (Å²) >= 11 is 0. The molecular weight excluding hydrogens is 1430 g/mol. The minimum absolute atomic E-state index is 0.00993. The third-order valence-corrected chi connectivity index (χ3v) is 16.0. The van der Waals surface area contributed by atoms with E-state index in [1.165, 1.54) is 18.3 Å². The molecule has 4 saturated heterocycles. The molecule has 588 valence electrons. The summed E-state index contributed by atoms with van der Waals surface area (Å²) in [6.45, 7) is 1.43. The van der Waals surface area contributed by atoms with Gasteiger partial charge in [-0.25, -0.2) is 14.9 Å². The third-order valence-electron chi connectivity index (χ3n) is 16.0. The molecule has 7 rings (SSSR count). The van der Waals surface area contributed by atoms with E-state index >= 15 is 0 Å². The zero-order valence-electron chi connectivity index (χ0n) is 56.8. The lowest BCUT2D eigenvalue weighted by Gasteiger charge is -2.42. The van der Waals surface area contributed by atoms with Crippen LogP contribution in [-0.2, 0) is 90.3 Å². The number of benzene rings is 2. The number of fused-ring (bicyclic) bond motifs is 5. The second-order valence-electron chi connectivity index (χ2n) is 23.9. The molecule has 12 N–H and O–H groups in total. The number of aliphatic hydroxyl groups excluding tert-OH is 4. The first-order chi connectivity index (χ1) is 50.3. The fourth-order valence-corrected chi connectivity index (χ4v) is 10.5. The van der Waals surface area contributed by atoms with Crippen LogP contribution in [0.4, 0.5) is 36.4 Å². The number of phenolic OH excluding ortho intramolecular Hbond substituents is 1. The average Bonchev–Trinajstić information content (AvgIpc) is 1.62. The Hall–Kier alpha value is -7.27. The predicted octanol–water partition coefficient (Wildman–Crippen LogP) is 0.132. The number of hydrogen-bond donors (Lipinski definition) is 12. The average molecular weight is 1520 g/mol. The minimum Gasteiger partial charge on any atom is -0.505 e. The van der Waals surface area contributed by atoms with Crippen LogP contribution in [0.15, 0.2) is 59.8 Å². The summed E-state index contributed by atoms with van der Waals surface area (Å²) in [4.78, 5) is 65.8. The lowest BCUT2D eigenvalue weighted by molar-refractivity contribution is -0.240. The van der Waals surface area contributed by atoms with Crippen molar-refractivity contribution >= 4 is 51.8 Å². The van der Waals surface area contributed by atoms with Crippen LogP contribution in [0, 0.1) is 11.3 Å². The fraction of sp³-hybridized carbons (Fsp3) is 0.656. The number of rotatable bonds is 50. The Labute approximate surface area is 596 Å². The van der Waals surface area contributed by atoms with E-state index in [2.05, 4.69) is 31.4 Å². The van der Waals surface area contributed by atoms with Gasteiger partial charge in [-0.15, -0.1) is 0 Å². The Bertz CT molecular complexity index is 3150. The number of phenols is 1. The van der Waals surface area contributed by atoms with Gasteiger partial charge in [0.25, 0.3) is 0 Å². The molecule has 0 aliphatic carbocycles. The van der Waals surface area contributed by atoms with Gasteiger partial charge in [0.05, 0.1) is 169 Å². The molecule has 4 bridgehead atoms. The molecule has 5 amide bonds. The number of pyridine rings is 1. The van der Waals surface area contributed by atoms with E-state index < -0.39 is 102 Å². The van der Waals surface area contributed by atoms with Crippen LogP contribution >= 0.6 is 0 Å². The maximum absolute atomic E-state index is 13.8. The van der Waals surface area contributed by atoms with Crippen molar-refractivity contribution in [2.24, 2.45) is 5.11 Å². The number of carbonyl (C=O) groups is 5. The van der Waals surface area contributed by atoms with Crippen molar-refractivity contribution < 1.29 is 151 Å². The van der Waals surface area contributed by atoms with E-state index in [0.29, 0.717) is 34.5 Å². The van der Waals surface area contributed by atoms with Gasteiger partial charge in [0.15, 0.2) is 24.1 Å². The quantitative estimate of drug-likeness (QED) is 0.0155. The van der Waals surface area contributed by atoms with Crippen molar-refractivity contribution in [3.8, 4) is 11.5 Å². The minimum atomic E-state index is -5.22. The maximum atomic E-state index is 13.8. The number of nitrogens with zero attached hydrogens (tertiary/aromatic N) is 2. The van der Waals surface area contributed by atoms with Gasteiger partial charge in [-0.1, -0.05) is 6.07 Å². The Morgan fingerprint density at radius 1 is 0.590 bits per heavy atom. The van der Waals surface area contributed by atoms with Crippen LogP contribution in [-0.4, -0.2) is 304 Å². The third kappa shape index (κ3) is 27.5. The number of carbonyl (C=O) groups excluding carboxylic acids is 5. The van der Waals surface area contributed by atoms with Crippen LogP contribution in [0.5, 0.6) is 11.5 Å². The van der Waals surface area contributed by atoms with Gasteiger partial charge < -0.3 is 128 Å². The normalized spacial score (nSPS) is 23.0. The Morgan fingerprint density at radius 2 is 1.07 bits per heavy atom. The second kappa shape index (κ2) is 42.9. The number of ether oxygens (including phenoxy) is 15. The molecule has 4 aliphatic rings. The molecule has 0 saturated carbocycles. The molecule has 4 aliphatic heterocycles. The Kier molecular flexibility index (Phi) is 34.7. The summed E-state index contributed by atoms with van der Waals surface area (Å²) in [6.07, 6.45) is -18.7. The van der Waals surface area contributed by atoms with Crippen molar-refractivity contribution in [2.75, 3.05) is 170 Å². The van der Waals surface area contributed by atoms with Crippen LogP contribution < -0.4 is 36.6 Å². The van der Waals surface area contributed by atoms with Gasteiger partial charge >= 0.3 is 24.2 Å². The first kappa shape index (κ1) is 85.0. The maximum Gasteiger partial charge on any atom is 0.471 e. The van der Waals surface area contributed by atoms with Gasteiger partial charge in [0.1, 0.15) is 59.1 Å². The number of aromatic nitrogens is 1. The lowest BCUT2D eigenvalue weighted by atomic mass is 9.88. The molecule has 0 unspecified atom stereocenters. The summed E-state index contributed by atoms with van der Waals surface area (Å²) in [5, 5.41) is 70.1. The van der Waals surface area contributed by atoms with E-state index in [1.54, 1.807) is 41.0 Å². The van der Waals surface area contributed by atoms with Crippen molar-refractivity contribution in [2.45, 2.75) is 104 Å². The van der Waals surface area contributed by atoms with E-state index in [0.717, 1.165) is 6.07 Å². The van der Waals surface area contributed by atoms with E-state index in [-0.39, 0.29) is 208 Å². The lowest BCUT2D eigenvalue weighted by Crippen LogP contribution is -2.67. The van der Waals surface area contributed by atoms with E-state index in [4.69, 9.17) is 76.6 Å². The zero-order chi connectivity index (χ0) is 75.8. The van der Waals surface area contributed by atoms with Gasteiger partial charge in [-0.2, -0.15) is 31.5 Å². The standard InChI is InChI=1S/C64H88F7N9O25/c65-43-31-40(4-8-47(43)81)75-32-46(80-72)45-6-3-39-30-42(5-7-44(39)77-45)101-13-1-2-50(84)76-41(33-97-14-9-48(82)73-11-16-91-18-20-93-22-24-95-26-28-99-35-61-37-102-57(104-61)51(53(85)55(61)87)78-59(89)63(66,67)68)34-98-15-10-49(83)74-12-17-92-19-21-94-23-25-96-27-29-100-36-62-38-103-58(105-62)52(54(86)56(62)88)79-60(90)64(69,70)71/h3-8,30-32,41,51-58,72,75,81,85-88H,1-2,9-29,33-38H2,(H,73,82)(H,74,83)(H,76,84)(H,78,89)(H,79,90)/b46-32-,80-72?/t51-,52-,53-,54-,55-,56-,57+,58+,61+,62+/m1/s1. The molecule has 105 heavy (non-hydrogen) atoms. The molecular formula is C64H88F7N9O25. The largest absolute Gasteiger partial charge is 0.505 e. The zero-order valence-corrected chi connectivity index (χ0v) is 56.8. The summed E-state index contributed by atoms with van der Waals surface area (Å²) in [5.41, 5.74) is 5.91. The summed E-state index contributed by atoms with van der Waals surface area (Å²) < 4.78 is 173. The van der Waals surface area contributed by atoms with Gasteiger partial charge in [0.2, 0.25) is 17.7 Å². The van der Waals surface area contributed by atoms with Crippen molar-refractivity contribution in [3.63, 3.8) is 0 Å². The second-order valence-corrected chi connectivity index (χ2v) is 23.9. The van der Waals surface area contributed by atoms with Crippen molar-refractivity contribution in [3.05, 3.63) is 66.2 Å². The molecule has 10 atom stereocenters. The highest BCUT2D eigenvalue weighted by Crippen LogP contribution is 2.39. The molecule has 41 heteroatoms. The number of nitrogens with one attached hydrogen (secondary N) is 7. The predicted molar refractivity (Wildman–Crippen MR) is 344 cm³/mol. The molecule has 34 nitrogen and oxygen atoms in total. The van der Waals surface area contributed by atoms with Gasteiger partial charge in [0, 0.05) is 55.7 Å². The summed E-state index contributed by atoms with van der Waals surface area (Å²) in [6, 6.07) is 8.30. The SMILES string of the molecule is N=N/C(=C\Nc1ccc(O)c(F)c1)c1ccc2cc(OCCCC(=O)NC(COCCC(=O)NCCOCCOCCOCCOC[C@@]34CO[C@@H](O3)[C@H](NC(=O)C(F)(F)F)[C@@H](O)[C@H]4O)COCCC(=O)NCCOCCOCCOCCOC[C@@]34CO[C@@H](O3)[C@H](NC(=O)C(F)(F)F)[C@@H](O)[C@H]4O)ccc2n1. The van der Waals surface area contributed by atoms with Crippen LogP contribution in [0.25, 0.3) is 16.6 Å². The van der Waals surface area contributed by atoms with Gasteiger partial charge in [-0.3, -0.25) is 24.0 Å². The summed E-state index contributed by atoms with van der Waals surface area (Å²) in [7, 11) is 0.